The van der Waals surface area contributed by atoms with Crippen LogP contribution in [0.2, 0.25) is 0 Å². The minimum atomic E-state index is 0.623. The van der Waals surface area contributed by atoms with Crippen LogP contribution in [0.1, 0.15) is 18.4 Å². The number of methoxy groups -OCH3 is 1. The van der Waals surface area contributed by atoms with Gasteiger partial charge in [-0.2, -0.15) is 0 Å². The van der Waals surface area contributed by atoms with Gasteiger partial charge in [-0.15, -0.1) is 0 Å². The monoisotopic (exact) mass is 301 g/mol. The number of hydrogen-bond donors (Lipinski definition) is 1. The number of anilines is 1. The third kappa shape index (κ3) is 4.88. The van der Waals surface area contributed by atoms with Gasteiger partial charge in [-0.05, 0) is 44.0 Å². The molecule has 2 rings (SSSR count). The molecule has 0 bridgehead atoms. The number of rotatable bonds is 8. The van der Waals surface area contributed by atoms with E-state index in [1.54, 1.807) is 19.2 Å². The number of benzene rings is 2. The molecule has 0 atom stereocenters. The predicted molar refractivity (Wildman–Crippen MR) is 88.8 cm³/mol. The average Bonchev–Trinajstić information content (AvgIpc) is 2.53. The van der Waals surface area contributed by atoms with Crippen molar-refractivity contribution in [2.45, 2.75) is 19.8 Å². The summed E-state index contributed by atoms with van der Waals surface area (Å²) in [4.78, 5) is 0. The standard InChI is InChI=1S/C18H23NO3/c1-14-5-8-16(9-6-14)21-11-3-4-12-22-17-10-7-15(19)13-18(17)20-2/h5-10,13H,3-4,11-12,19H2,1-2H3. The van der Waals surface area contributed by atoms with Crippen LogP contribution in [0.25, 0.3) is 0 Å². The van der Waals surface area contributed by atoms with Crippen molar-refractivity contribution in [3.8, 4) is 17.2 Å². The van der Waals surface area contributed by atoms with Crippen molar-refractivity contribution in [1.82, 2.24) is 0 Å². The molecule has 0 aliphatic heterocycles. The van der Waals surface area contributed by atoms with Gasteiger partial charge in [0.05, 0.1) is 20.3 Å². The van der Waals surface area contributed by atoms with Crippen LogP contribution in [0, 0.1) is 6.92 Å². The molecular formula is C18H23NO3. The van der Waals surface area contributed by atoms with E-state index in [4.69, 9.17) is 19.9 Å². The Bertz CT molecular complexity index is 581. The SMILES string of the molecule is COc1cc(N)ccc1OCCCCOc1ccc(C)cc1. The van der Waals surface area contributed by atoms with E-state index in [2.05, 4.69) is 6.92 Å². The Morgan fingerprint density at radius 1 is 0.864 bits per heavy atom. The van der Waals surface area contributed by atoms with Crippen molar-refractivity contribution in [2.24, 2.45) is 0 Å². The molecule has 4 heteroatoms. The van der Waals surface area contributed by atoms with Gasteiger partial charge in [0.15, 0.2) is 11.5 Å². The summed E-state index contributed by atoms with van der Waals surface area (Å²) in [6.45, 7) is 3.37. The fraction of sp³-hybridized carbons (Fsp3) is 0.333. The molecule has 2 N–H and O–H groups in total. The lowest BCUT2D eigenvalue weighted by molar-refractivity contribution is 0.258. The Kier molecular flexibility index (Phi) is 5.95. The van der Waals surface area contributed by atoms with E-state index in [-0.39, 0.29) is 0 Å². The number of aryl methyl sites for hydroxylation is 1. The van der Waals surface area contributed by atoms with Gasteiger partial charge < -0.3 is 19.9 Å². The number of unbranched alkanes of at least 4 members (excludes halogenated alkanes) is 1. The van der Waals surface area contributed by atoms with Crippen LogP contribution in [0.15, 0.2) is 42.5 Å². The molecule has 0 radical (unpaired) electrons. The molecule has 0 amide bonds. The molecule has 118 valence electrons. The lowest BCUT2D eigenvalue weighted by Gasteiger charge is -2.11. The third-order valence-electron chi connectivity index (χ3n) is 3.27. The quantitative estimate of drug-likeness (QED) is 0.595. The summed E-state index contributed by atoms with van der Waals surface area (Å²) >= 11 is 0. The molecule has 2 aromatic carbocycles. The van der Waals surface area contributed by atoms with E-state index in [9.17, 15) is 0 Å². The highest BCUT2D eigenvalue weighted by Gasteiger charge is 2.04. The Labute approximate surface area is 131 Å². The van der Waals surface area contributed by atoms with E-state index in [0.29, 0.717) is 24.7 Å². The summed E-state index contributed by atoms with van der Waals surface area (Å²) in [5.41, 5.74) is 7.61. The normalized spacial score (nSPS) is 10.3. The van der Waals surface area contributed by atoms with Gasteiger partial charge in [-0.3, -0.25) is 0 Å². The highest BCUT2D eigenvalue weighted by atomic mass is 16.5. The Hall–Kier alpha value is -2.36. The molecule has 0 spiro atoms. The molecule has 0 unspecified atom stereocenters. The number of nitrogens with two attached hydrogens (primary N) is 1. The first-order valence-corrected chi connectivity index (χ1v) is 7.45. The zero-order chi connectivity index (χ0) is 15.8. The van der Waals surface area contributed by atoms with Gasteiger partial charge in [0.1, 0.15) is 5.75 Å². The second-order valence-electron chi connectivity index (χ2n) is 5.13. The van der Waals surface area contributed by atoms with Crippen LogP contribution in [0.4, 0.5) is 5.69 Å². The number of ether oxygens (including phenoxy) is 3. The van der Waals surface area contributed by atoms with Crippen molar-refractivity contribution >= 4 is 5.69 Å². The van der Waals surface area contributed by atoms with Gasteiger partial charge in [-0.25, -0.2) is 0 Å². The zero-order valence-electron chi connectivity index (χ0n) is 13.2. The molecule has 0 aliphatic carbocycles. The molecule has 0 heterocycles. The second-order valence-corrected chi connectivity index (χ2v) is 5.13. The summed E-state index contributed by atoms with van der Waals surface area (Å²) in [6.07, 6.45) is 1.85. The van der Waals surface area contributed by atoms with E-state index in [0.717, 1.165) is 24.3 Å². The Balaban J connectivity index is 1.66. The predicted octanol–water partition coefficient (Wildman–Crippen LogP) is 3.82. The lowest BCUT2D eigenvalue weighted by Crippen LogP contribution is -2.03. The van der Waals surface area contributed by atoms with Crippen molar-refractivity contribution < 1.29 is 14.2 Å². The van der Waals surface area contributed by atoms with Crippen molar-refractivity contribution in [3.05, 3.63) is 48.0 Å². The first-order valence-electron chi connectivity index (χ1n) is 7.45. The minimum Gasteiger partial charge on any atom is -0.494 e. The molecule has 0 aromatic heterocycles. The minimum absolute atomic E-state index is 0.623. The van der Waals surface area contributed by atoms with E-state index in [1.165, 1.54) is 5.56 Å². The first-order chi connectivity index (χ1) is 10.7. The zero-order valence-corrected chi connectivity index (χ0v) is 13.2. The molecule has 0 saturated heterocycles. The van der Waals surface area contributed by atoms with Gasteiger partial charge in [0, 0.05) is 11.8 Å². The second kappa shape index (κ2) is 8.17. The van der Waals surface area contributed by atoms with E-state index in [1.807, 2.05) is 30.3 Å². The molecule has 22 heavy (non-hydrogen) atoms. The first kappa shape index (κ1) is 16.0. The summed E-state index contributed by atoms with van der Waals surface area (Å²) in [6, 6.07) is 13.5. The highest BCUT2D eigenvalue weighted by Crippen LogP contribution is 2.29. The fourth-order valence-corrected chi connectivity index (χ4v) is 2.01. The van der Waals surface area contributed by atoms with Crippen LogP contribution < -0.4 is 19.9 Å². The molecular weight excluding hydrogens is 278 g/mol. The van der Waals surface area contributed by atoms with Crippen LogP contribution in [-0.2, 0) is 0 Å². The van der Waals surface area contributed by atoms with Gasteiger partial charge in [-0.1, -0.05) is 17.7 Å². The molecule has 0 fully saturated rings. The lowest BCUT2D eigenvalue weighted by atomic mass is 10.2. The highest BCUT2D eigenvalue weighted by molar-refractivity contribution is 5.51. The van der Waals surface area contributed by atoms with Crippen molar-refractivity contribution in [2.75, 3.05) is 26.1 Å². The molecule has 2 aromatic rings. The Morgan fingerprint density at radius 2 is 1.55 bits per heavy atom. The largest absolute Gasteiger partial charge is 0.494 e. The van der Waals surface area contributed by atoms with Gasteiger partial charge in [0.25, 0.3) is 0 Å². The summed E-state index contributed by atoms with van der Waals surface area (Å²) in [5, 5.41) is 0. The van der Waals surface area contributed by atoms with Crippen molar-refractivity contribution in [1.29, 1.82) is 0 Å². The third-order valence-corrected chi connectivity index (χ3v) is 3.27. The molecule has 0 aliphatic rings. The smallest absolute Gasteiger partial charge is 0.162 e. The van der Waals surface area contributed by atoms with E-state index >= 15 is 0 Å². The maximum atomic E-state index is 5.71. The van der Waals surface area contributed by atoms with E-state index < -0.39 is 0 Å². The summed E-state index contributed by atoms with van der Waals surface area (Å²) in [5.74, 6) is 2.29. The summed E-state index contributed by atoms with van der Waals surface area (Å²) < 4.78 is 16.6. The average molecular weight is 301 g/mol. The fourth-order valence-electron chi connectivity index (χ4n) is 2.01. The van der Waals surface area contributed by atoms with Crippen LogP contribution in [0.5, 0.6) is 17.2 Å². The Morgan fingerprint density at radius 3 is 2.23 bits per heavy atom. The number of hydrogen-bond acceptors (Lipinski definition) is 4. The van der Waals surface area contributed by atoms with Crippen LogP contribution in [-0.4, -0.2) is 20.3 Å². The number of nitrogen functional groups attached to an aromatic ring is 1. The van der Waals surface area contributed by atoms with Crippen molar-refractivity contribution in [3.63, 3.8) is 0 Å². The molecule has 4 nitrogen and oxygen atoms in total. The van der Waals surface area contributed by atoms with Gasteiger partial charge in [0.2, 0.25) is 0 Å². The van der Waals surface area contributed by atoms with Gasteiger partial charge >= 0.3 is 0 Å². The topological polar surface area (TPSA) is 53.7 Å². The summed E-state index contributed by atoms with van der Waals surface area (Å²) in [7, 11) is 1.61. The maximum absolute atomic E-state index is 5.71. The maximum Gasteiger partial charge on any atom is 0.162 e. The molecule has 0 saturated carbocycles. The van der Waals surface area contributed by atoms with Crippen LogP contribution >= 0.6 is 0 Å². The van der Waals surface area contributed by atoms with Crippen LogP contribution in [0.3, 0.4) is 0 Å².